The van der Waals surface area contributed by atoms with Gasteiger partial charge < -0.3 is 29.3 Å². The van der Waals surface area contributed by atoms with E-state index in [4.69, 9.17) is 25.8 Å². The quantitative estimate of drug-likeness (QED) is 0.166. The number of aryl methyl sites for hydroxylation is 1. The SMILES string of the molecule is CCN1C[C@@H]2CC[C@H]2[C@@H](OC)/C=C/C[C@H](C)CS(=O)(NC(=O)NC2CC(COC(=O)N(C)C)C2)=NC(=O)c2ccc(OCCCCc3cccc(Cl)c3)c1c2. The van der Waals surface area contributed by atoms with Crippen LogP contribution in [0.3, 0.4) is 0 Å². The summed E-state index contributed by atoms with van der Waals surface area (Å²) in [4.78, 5) is 42.5. The van der Waals surface area contributed by atoms with Gasteiger partial charge in [0.1, 0.15) is 15.7 Å². The molecule has 14 heteroatoms. The number of nitrogens with zero attached hydrogens (tertiary/aromatic N) is 3. The molecule has 2 saturated carbocycles. The third-order valence-corrected chi connectivity index (χ3v) is 13.0. The zero-order valence-electron chi connectivity index (χ0n) is 32.8. The molecule has 2 aromatic carbocycles. The van der Waals surface area contributed by atoms with Crippen LogP contribution < -0.4 is 19.7 Å². The second-order valence-electron chi connectivity index (χ2n) is 15.4. The van der Waals surface area contributed by atoms with Crippen LogP contribution in [0, 0.1) is 23.7 Å². The Morgan fingerprint density at radius 3 is 2.60 bits per heavy atom. The van der Waals surface area contributed by atoms with E-state index in [9.17, 15) is 18.6 Å². The summed E-state index contributed by atoms with van der Waals surface area (Å²) in [5.74, 6) is 0.681. The Kier molecular flexibility index (Phi) is 15.3. The topological polar surface area (TPSA) is 139 Å². The van der Waals surface area contributed by atoms with Crippen molar-refractivity contribution in [1.82, 2.24) is 14.9 Å². The average Bonchev–Trinajstić information content (AvgIpc) is 3.11. The Bertz CT molecular complexity index is 1790. The highest BCUT2D eigenvalue weighted by molar-refractivity contribution is 7.92. The number of allylic oxidation sites excluding steroid dienone is 1. The third kappa shape index (κ3) is 12.1. The summed E-state index contributed by atoms with van der Waals surface area (Å²) < 4.78 is 38.9. The lowest BCUT2D eigenvalue weighted by molar-refractivity contribution is 0.0135. The van der Waals surface area contributed by atoms with Crippen LogP contribution in [0.25, 0.3) is 0 Å². The molecule has 302 valence electrons. The molecule has 1 unspecified atom stereocenters. The fourth-order valence-corrected chi connectivity index (χ4v) is 9.56. The molecule has 12 nitrogen and oxygen atoms in total. The molecule has 2 bridgehead atoms. The lowest BCUT2D eigenvalue weighted by Crippen LogP contribution is -2.51. The number of hydrogen-bond acceptors (Lipinski definition) is 8. The maximum Gasteiger partial charge on any atom is 0.409 e. The molecular formula is C41H58ClN5O7S. The summed E-state index contributed by atoms with van der Waals surface area (Å²) >= 11 is 6.17. The summed E-state index contributed by atoms with van der Waals surface area (Å²) in [6.07, 6.45) is 10.3. The number of carbonyl (C=O) groups is 3. The maximum absolute atomic E-state index is 14.5. The molecule has 2 N–H and O–H groups in total. The Morgan fingerprint density at radius 2 is 1.91 bits per heavy atom. The van der Waals surface area contributed by atoms with E-state index in [0.717, 1.165) is 49.4 Å². The molecule has 0 spiro atoms. The molecule has 2 fully saturated rings. The molecule has 0 radical (unpaired) electrons. The minimum Gasteiger partial charge on any atom is -0.491 e. The van der Waals surface area contributed by atoms with Gasteiger partial charge in [0.25, 0.3) is 5.91 Å². The lowest BCUT2D eigenvalue weighted by atomic mass is 9.70. The Hall–Kier alpha value is -3.81. The molecule has 3 aliphatic rings. The number of rotatable bonds is 12. The first-order valence-electron chi connectivity index (χ1n) is 19.5. The van der Waals surface area contributed by atoms with E-state index in [-0.39, 0.29) is 41.9 Å². The number of methoxy groups -OCH3 is 1. The van der Waals surface area contributed by atoms with Crippen molar-refractivity contribution in [1.29, 1.82) is 0 Å². The average molecular weight is 800 g/mol. The number of halogens is 1. The van der Waals surface area contributed by atoms with Gasteiger partial charge in [0.15, 0.2) is 0 Å². The normalized spacial score (nSPS) is 27.3. The summed E-state index contributed by atoms with van der Waals surface area (Å²) in [6.45, 7) is 6.24. The van der Waals surface area contributed by atoms with Gasteiger partial charge in [-0.15, -0.1) is 4.36 Å². The number of anilines is 1. The molecule has 4 amide bonds. The number of benzene rings is 2. The van der Waals surface area contributed by atoms with Gasteiger partial charge in [0.05, 0.1) is 30.8 Å². The van der Waals surface area contributed by atoms with Crippen molar-refractivity contribution in [2.75, 3.05) is 58.2 Å². The molecule has 5 atom stereocenters. The van der Waals surface area contributed by atoms with Crippen LogP contribution in [0.4, 0.5) is 15.3 Å². The number of carbonyl (C=O) groups excluding carboxylic acids is 3. The minimum absolute atomic E-state index is 0.0156. The van der Waals surface area contributed by atoms with Crippen LogP contribution in [-0.2, 0) is 25.8 Å². The highest BCUT2D eigenvalue weighted by Gasteiger charge is 2.38. The minimum atomic E-state index is -3.54. The van der Waals surface area contributed by atoms with Gasteiger partial charge in [-0.25, -0.2) is 13.8 Å². The fourth-order valence-electron chi connectivity index (χ4n) is 7.51. The van der Waals surface area contributed by atoms with Crippen LogP contribution in [0.5, 0.6) is 5.75 Å². The number of nitrogens with one attached hydrogen (secondary N) is 2. The number of ether oxygens (including phenoxy) is 3. The van der Waals surface area contributed by atoms with Crippen molar-refractivity contribution in [2.45, 2.75) is 77.4 Å². The van der Waals surface area contributed by atoms with Gasteiger partial charge in [0, 0.05) is 50.9 Å². The monoisotopic (exact) mass is 799 g/mol. The van der Waals surface area contributed by atoms with Crippen molar-refractivity contribution in [3.8, 4) is 5.75 Å². The number of urea groups is 1. The first-order chi connectivity index (χ1) is 26.4. The van der Waals surface area contributed by atoms with Crippen molar-refractivity contribution < 1.29 is 32.8 Å². The molecule has 5 rings (SSSR count). The summed E-state index contributed by atoms with van der Waals surface area (Å²) in [5, 5.41) is 3.59. The van der Waals surface area contributed by atoms with Crippen LogP contribution in [0.15, 0.2) is 59.0 Å². The van der Waals surface area contributed by atoms with Crippen LogP contribution in [0.2, 0.25) is 5.02 Å². The zero-order valence-corrected chi connectivity index (χ0v) is 34.4. The van der Waals surface area contributed by atoms with E-state index < -0.39 is 27.9 Å². The second-order valence-corrected chi connectivity index (χ2v) is 17.8. The first kappa shape index (κ1) is 42.3. The van der Waals surface area contributed by atoms with Crippen LogP contribution >= 0.6 is 11.6 Å². The summed E-state index contributed by atoms with van der Waals surface area (Å²) in [7, 11) is 1.44. The van der Waals surface area contributed by atoms with E-state index in [1.54, 1.807) is 39.4 Å². The van der Waals surface area contributed by atoms with E-state index in [2.05, 4.69) is 44.4 Å². The van der Waals surface area contributed by atoms with Gasteiger partial charge in [-0.2, -0.15) is 0 Å². The van der Waals surface area contributed by atoms with Gasteiger partial charge in [-0.05, 0) is 118 Å². The predicted octanol–water partition coefficient (Wildman–Crippen LogP) is 7.50. The lowest BCUT2D eigenvalue weighted by Gasteiger charge is -2.43. The molecule has 1 heterocycles. The molecule has 55 heavy (non-hydrogen) atoms. The highest BCUT2D eigenvalue weighted by atomic mass is 35.5. The fraction of sp³-hybridized carbons (Fsp3) is 0.585. The van der Waals surface area contributed by atoms with Crippen molar-refractivity contribution in [3.63, 3.8) is 0 Å². The smallest absolute Gasteiger partial charge is 0.409 e. The number of amides is 4. The Labute approximate surface area is 332 Å². The largest absolute Gasteiger partial charge is 0.491 e. The van der Waals surface area contributed by atoms with Crippen molar-refractivity contribution in [2.24, 2.45) is 28.0 Å². The standard InChI is InChI=1S/C41H58ClN5O7S/c1-6-47-25-32-16-18-35(32)37(52-5)15-9-11-28(2)27-55(51,45-40(49)43-34-22-30(23-34)26-54-41(50)46(3)4)44-39(48)31-17-19-38(36(47)24-31)53-20-8-7-12-29-13-10-14-33(42)21-29/h9-10,13-15,17,19,21,24,28,30,32,34-35,37H,6-8,11-12,16,18,20,22-23,25-27H2,1-5H3,(H2,43,44,45,48,49,51)/b15-9+/t28-,30?,32-,34?,35+,37-,55?/m0/s1. The van der Waals surface area contributed by atoms with E-state index in [1.807, 2.05) is 25.1 Å². The van der Waals surface area contributed by atoms with Crippen molar-refractivity contribution >= 4 is 45.2 Å². The van der Waals surface area contributed by atoms with Crippen LogP contribution in [0.1, 0.15) is 74.7 Å². The second kappa shape index (κ2) is 19.9. The highest BCUT2D eigenvalue weighted by Crippen LogP contribution is 2.41. The molecule has 2 aliphatic carbocycles. The Balaban J connectivity index is 1.35. The number of unbranched alkanes of at least 4 members (excludes halogenated alkanes) is 1. The van der Waals surface area contributed by atoms with Gasteiger partial charge in [-0.1, -0.05) is 42.8 Å². The van der Waals surface area contributed by atoms with E-state index in [1.165, 1.54) is 10.5 Å². The molecule has 0 saturated heterocycles. The van der Waals surface area contributed by atoms with Crippen molar-refractivity contribution in [3.05, 3.63) is 70.8 Å². The van der Waals surface area contributed by atoms with Gasteiger partial charge in [0.2, 0.25) is 0 Å². The summed E-state index contributed by atoms with van der Waals surface area (Å²) in [6, 6.07) is 12.3. The first-order valence-corrected chi connectivity index (χ1v) is 21.6. The Morgan fingerprint density at radius 1 is 1.11 bits per heavy atom. The van der Waals surface area contributed by atoms with E-state index >= 15 is 0 Å². The van der Waals surface area contributed by atoms with E-state index in [0.29, 0.717) is 50.0 Å². The molecular weight excluding hydrogens is 742 g/mol. The van der Waals surface area contributed by atoms with Crippen LogP contribution in [-0.4, -0.2) is 92.5 Å². The predicted molar refractivity (Wildman–Crippen MR) is 217 cm³/mol. The zero-order chi connectivity index (χ0) is 39.5. The number of hydrogen-bond donors (Lipinski definition) is 2. The number of fused-ring (bicyclic) bond motifs is 3. The summed E-state index contributed by atoms with van der Waals surface area (Å²) in [5.41, 5.74) is 2.23. The maximum atomic E-state index is 14.5. The third-order valence-electron chi connectivity index (χ3n) is 10.8. The van der Waals surface area contributed by atoms with Gasteiger partial charge in [-0.3, -0.25) is 9.52 Å². The van der Waals surface area contributed by atoms with Gasteiger partial charge >= 0.3 is 12.1 Å². The molecule has 2 aromatic rings. The molecule has 1 aliphatic heterocycles. The molecule has 0 aromatic heterocycles.